The van der Waals surface area contributed by atoms with Gasteiger partial charge in [-0.3, -0.25) is 9.69 Å². The molecule has 0 atom stereocenters. The molecule has 0 N–H and O–H groups in total. The summed E-state index contributed by atoms with van der Waals surface area (Å²) >= 11 is 0. The molecule has 0 saturated carbocycles. The van der Waals surface area contributed by atoms with E-state index in [-0.39, 0.29) is 18.5 Å². The average Bonchev–Trinajstić information content (AvgIpc) is 3.51. The molecule has 8 nitrogen and oxygen atoms in total. The third kappa shape index (κ3) is 3.63. The summed E-state index contributed by atoms with van der Waals surface area (Å²) in [7, 11) is 0. The maximum atomic E-state index is 14.4. The number of piperazine rings is 1. The molecular formula is C25H22FN5O3. The number of aromatic nitrogens is 3. The highest BCUT2D eigenvalue weighted by Crippen LogP contribution is 2.33. The molecule has 0 spiro atoms. The van der Waals surface area contributed by atoms with Crippen molar-refractivity contribution in [2.75, 3.05) is 33.0 Å². The Bertz CT molecular complexity index is 1380. The zero-order valence-corrected chi connectivity index (χ0v) is 18.4. The number of nitrogens with zero attached hydrogens (tertiary/aromatic N) is 5. The third-order valence-electron chi connectivity index (χ3n) is 6.28. The smallest absolute Gasteiger partial charge is 0.259 e. The number of halogens is 1. The molecule has 9 heteroatoms. The minimum atomic E-state index is -0.350. The first kappa shape index (κ1) is 20.6. The molecule has 1 saturated heterocycles. The van der Waals surface area contributed by atoms with Gasteiger partial charge in [-0.2, -0.15) is 5.10 Å². The summed E-state index contributed by atoms with van der Waals surface area (Å²) in [5.74, 6) is 1.09. The minimum Gasteiger partial charge on any atom is -0.454 e. The summed E-state index contributed by atoms with van der Waals surface area (Å²) in [6.45, 7) is 3.77. The summed E-state index contributed by atoms with van der Waals surface area (Å²) in [5, 5.41) is 4.36. The topological polar surface area (TPSA) is 72.2 Å². The molecule has 0 radical (unpaired) electrons. The molecule has 4 heterocycles. The number of carbonyl (C=O) groups excluding carboxylic acids is 1. The van der Waals surface area contributed by atoms with Crippen LogP contribution in [0.5, 0.6) is 11.5 Å². The van der Waals surface area contributed by atoms with Crippen LogP contribution in [0, 0.1) is 5.82 Å². The standard InChI is InChI=1S/C25H22FN5O3/c26-20-4-2-1-3-18(20)21-7-8-27-24-19(14-28-31(21)24)25(32)30-11-9-29(10-12-30)15-17-5-6-22-23(13-17)34-16-33-22/h1-8,13-14H,9-12,15-16H2. The van der Waals surface area contributed by atoms with Crippen molar-refractivity contribution >= 4 is 11.6 Å². The second kappa shape index (κ2) is 8.42. The average molecular weight is 459 g/mol. The van der Waals surface area contributed by atoms with Gasteiger partial charge < -0.3 is 14.4 Å². The zero-order chi connectivity index (χ0) is 23.1. The Labute approximate surface area is 195 Å². The van der Waals surface area contributed by atoms with Crippen LogP contribution in [0.4, 0.5) is 4.39 Å². The van der Waals surface area contributed by atoms with Crippen molar-refractivity contribution in [3.63, 3.8) is 0 Å². The number of hydrogen-bond donors (Lipinski definition) is 0. The van der Waals surface area contributed by atoms with Gasteiger partial charge in [0.15, 0.2) is 17.1 Å². The monoisotopic (exact) mass is 459 g/mol. The van der Waals surface area contributed by atoms with Crippen molar-refractivity contribution in [1.29, 1.82) is 0 Å². The SMILES string of the molecule is O=C(c1cnn2c(-c3ccccc3F)ccnc12)N1CCN(Cc2ccc3c(c2)OCO3)CC1. The van der Waals surface area contributed by atoms with Gasteiger partial charge in [0.2, 0.25) is 6.79 Å². The van der Waals surface area contributed by atoms with Crippen molar-refractivity contribution in [2.45, 2.75) is 6.54 Å². The lowest BCUT2D eigenvalue weighted by Crippen LogP contribution is -2.48. The van der Waals surface area contributed by atoms with E-state index < -0.39 is 0 Å². The number of ether oxygens (including phenoxy) is 2. The number of fused-ring (bicyclic) bond motifs is 2. The first-order chi connectivity index (χ1) is 16.7. The first-order valence-electron chi connectivity index (χ1n) is 11.2. The summed E-state index contributed by atoms with van der Waals surface area (Å²) < 4.78 is 26.7. The van der Waals surface area contributed by atoms with Crippen LogP contribution >= 0.6 is 0 Å². The van der Waals surface area contributed by atoms with Crippen LogP contribution in [0.25, 0.3) is 16.9 Å². The molecule has 4 aromatic rings. The molecule has 2 aromatic carbocycles. The van der Waals surface area contributed by atoms with E-state index in [0.717, 1.165) is 36.7 Å². The fraction of sp³-hybridized carbons (Fsp3) is 0.240. The normalized spacial score (nSPS) is 15.7. The molecular weight excluding hydrogens is 437 g/mol. The highest BCUT2D eigenvalue weighted by Gasteiger charge is 2.26. The molecule has 1 fully saturated rings. The van der Waals surface area contributed by atoms with Crippen molar-refractivity contribution in [1.82, 2.24) is 24.4 Å². The first-order valence-corrected chi connectivity index (χ1v) is 11.2. The summed E-state index contributed by atoms with van der Waals surface area (Å²) in [4.78, 5) is 21.8. The van der Waals surface area contributed by atoms with E-state index >= 15 is 0 Å². The minimum absolute atomic E-state index is 0.115. The Morgan fingerprint density at radius 2 is 1.82 bits per heavy atom. The van der Waals surface area contributed by atoms with Crippen LogP contribution in [0.2, 0.25) is 0 Å². The highest BCUT2D eigenvalue weighted by atomic mass is 19.1. The quantitative estimate of drug-likeness (QED) is 0.467. The van der Waals surface area contributed by atoms with E-state index in [1.807, 2.05) is 23.1 Å². The Morgan fingerprint density at radius 1 is 1.00 bits per heavy atom. The fourth-order valence-corrected chi connectivity index (χ4v) is 4.49. The van der Waals surface area contributed by atoms with E-state index in [1.165, 1.54) is 16.8 Å². The van der Waals surface area contributed by atoms with Crippen molar-refractivity contribution in [2.24, 2.45) is 0 Å². The molecule has 2 aliphatic heterocycles. The van der Waals surface area contributed by atoms with E-state index in [2.05, 4.69) is 15.0 Å². The molecule has 1 amide bonds. The van der Waals surface area contributed by atoms with Gasteiger partial charge in [-0.15, -0.1) is 0 Å². The molecule has 2 aromatic heterocycles. The zero-order valence-electron chi connectivity index (χ0n) is 18.4. The molecule has 0 aliphatic carbocycles. The van der Waals surface area contributed by atoms with Crippen LogP contribution in [-0.2, 0) is 6.54 Å². The number of benzene rings is 2. The van der Waals surface area contributed by atoms with Gasteiger partial charge in [0.25, 0.3) is 5.91 Å². The summed E-state index contributed by atoms with van der Waals surface area (Å²) in [6.07, 6.45) is 3.10. The molecule has 2 aliphatic rings. The lowest BCUT2D eigenvalue weighted by atomic mass is 10.1. The Morgan fingerprint density at radius 3 is 2.68 bits per heavy atom. The molecule has 34 heavy (non-hydrogen) atoms. The van der Waals surface area contributed by atoms with Crippen molar-refractivity contribution < 1.29 is 18.7 Å². The van der Waals surface area contributed by atoms with Crippen LogP contribution in [0.15, 0.2) is 60.9 Å². The number of carbonyl (C=O) groups is 1. The predicted molar refractivity (Wildman–Crippen MR) is 122 cm³/mol. The molecule has 172 valence electrons. The van der Waals surface area contributed by atoms with Gasteiger partial charge >= 0.3 is 0 Å². The van der Waals surface area contributed by atoms with Gasteiger partial charge in [0.1, 0.15) is 11.4 Å². The van der Waals surface area contributed by atoms with Gasteiger partial charge in [-0.05, 0) is 35.9 Å². The maximum absolute atomic E-state index is 14.4. The van der Waals surface area contributed by atoms with Crippen molar-refractivity contribution in [3.05, 3.63) is 77.9 Å². The van der Waals surface area contributed by atoms with Gasteiger partial charge in [-0.1, -0.05) is 18.2 Å². The summed E-state index contributed by atoms with van der Waals surface area (Å²) in [6, 6.07) is 14.2. The molecule has 6 rings (SSSR count). The Hall–Kier alpha value is -3.98. The fourth-order valence-electron chi connectivity index (χ4n) is 4.49. The second-order valence-corrected chi connectivity index (χ2v) is 8.36. The van der Waals surface area contributed by atoms with E-state index in [9.17, 15) is 9.18 Å². The lowest BCUT2D eigenvalue weighted by Gasteiger charge is -2.34. The Balaban J connectivity index is 1.16. The van der Waals surface area contributed by atoms with Crippen LogP contribution < -0.4 is 9.47 Å². The number of amides is 1. The number of hydrogen-bond acceptors (Lipinski definition) is 6. The van der Waals surface area contributed by atoms with Crippen LogP contribution in [0.1, 0.15) is 15.9 Å². The molecule has 0 bridgehead atoms. The highest BCUT2D eigenvalue weighted by molar-refractivity contribution is 6.00. The van der Waals surface area contributed by atoms with E-state index in [0.29, 0.717) is 35.6 Å². The van der Waals surface area contributed by atoms with Gasteiger partial charge in [0.05, 0.1) is 11.9 Å². The Kier molecular flexibility index (Phi) is 5.10. The van der Waals surface area contributed by atoms with Crippen LogP contribution in [0.3, 0.4) is 0 Å². The largest absolute Gasteiger partial charge is 0.454 e. The molecule has 0 unspecified atom stereocenters. The van der Waals surface area contributed by atoms with E-state index in [4.69, 9.17) is 9.47 Å². The number of rotatable bonds is 4. The van der Waals surface area contributed by atoms with Gasteiger partial charge in [0, 0.05) is 44.5 Å². The second-order valence-electron chi connectivity index (χ2n) is 8.36. The third-order valence-corrected chi connectivity index (χ3v) is 6.28. The predicted octanol–water partition coefficient (Wildman–Crippen LogP) is 3.22. The maximum Gasteiger partial charge on any atom is 0.259 e. The lowest BCUT2D eigenvalue weighted by molar-refractivity contribution is 0.0630. The summed E-state index contributed by atoms with van der Waals surface area (Å²) in [5.41, 5.74) is 2.96. The van der Waals surface area contributed by atoms with E-state index in [1.54, 1.807) is 30.5 Å². The van der Waals surface area contributed by atoms with Crippen LogP contribution in [-0.4, -0.2) is 63.3 Å². The van der Waals surface area contributed by atoms with Gasteiger partial charge in [-0.25, -0.2) is 13.9 Å². The van der Waals surface area contributed by atoms with Crippen molar-refractivity contribution in [3.8, 4) is 22.8 Å².